The van der Waals surface area contributed by atoms with Gasteiger partial charge in [-0.25, -0.2) is 0 Å². The van der Waals surface area contributed by atoms with E-state index in [0.717, 1.165) is 12.8 Å². The number of carbonyl (C=O) groups is 1. The molecule has 0 atom stereocenters. The van der Waals surface area contributed by atoms with E-state index in [2.05, 4.69) is 16.8 Å². The summed E-state index contributed by atoms with van der Waals surface area (Å²) < 4.78 is 0. The molecular weight excluding hydrogens is 246 g/mol. The first-order valence-electron chi connectivity index (χ1n) is 5.85. The van der Waals surface area contributed by atoms with Gasteiger partial charge in [-0.2, -0.15) is 0 Å². The molecule has 1 heterocycles. The van der Waals surface area contributed by atoms with E-state index < -0.39 is 0 Å². The van der Waals surface area contributed by atoms with Crippen LogP contribution in [0.15, 0.2) is 41.8 Å². The average molecular weight is 261 g/mol. The third-order valence-electron chi connectivity index (χ3n) is 2.60. The van der Waals surface area contributed by atoms with Gasteiger partial charge in [-0.3, -0.25) is 4.79 Å². The van der Waals surface area contributed by atoms with E-state index in [-0.39, 0.29) is 11.7 Å². The molecule has 2 aromatic rings. The molecule has 4 heteroatoms. The van der Waals surface area contributed by atoms with Crippen LogP contribution < -0.4 is 5.32 Å². The molecule has 0 aliphatic rings. The molecule has 0 fully saturated rings. The molecule has 0 saturated heterocycles. The fourth-order valence-corrected chi connectivity index (χ4v) is 2.39. The summed E-state index contributed by atoms with van der Waals surface area (Å²) in [5, 5.41) is 14.1. The van der Waals surface area contributed by atoms with Crippen LogP contribution in [0.25, 0.3) is 0 Å². The number of aromatic hydroxyl groups is 1. The predicted molar refractivity (Wildman–Crippen MR) is 73.1 cm³/mol. The number of phenolic OH excluding ortho intramolecular Hbond substituents is 1. The van der Waals surface area contributed by atoms with Gasteiger partial charge in [0.2, 0.25) is 0 Å². The Bertz CT molecular complexity index is 491. The number of hydrogen-bond acceptors (Lipinski definition) is 3. The van der Waals surface area contributed by atoms with Gasteiger partial charge in [0.1, 0.15) is 5.75 Å². The largest absolute Gasteiger partial charge is 0.508 e. The summed E-state index contributed by atoms with van der Waals surface area (Å²) in [4.78, 5) is 13.1. The molecule has 1 amide bonds. The van der Waals surface area contributed by atoms with Crippen molar-refractivity contribution >= 4 is 17.2 Å². The number of hydrogen-bond donors (Lipinski definition) is 2. The Morgan fingerprint density at radius 1 is 1.22 bits per heavy atom. The fraction of sp³-hybridized carbons (Fsp3) is 0.214. The summed E-state index contributed by atoms with van der Waals surface area (Å²) in [6, 6.07) is 10.4. The number of amides is 1. The monoisotopic (exact) mass is 261 g/mol. The van der Waals surface area contributed by atoms with Crippen LogP contribution in [0.3, 0.4) is 0 Å². The van der Waals surface area contributed by atoms with E-state index in [1.165, 1.54) is 17.0 Å². The highest BCUT2D eigenvalue weighted by molar-refractivity contribution is 7.09. The first kappa shape index (κ1) is 12.6. The van der Waals surface area contributed by atoms with Gasteiger partial charge in [-0.05, 0) is 48.6 Å². The molecule has 2 N–H and O–H groups in total. The zero-order valence-corrected chi connectivity index (χ0v) is 10.7. The summed E-state index contributed by atoms with van der Waals surface area (Å²) in [7, 11) is 0. The molecule has 2 rings (SSSR count). The number of aryl methyl sites for hydroxylation is 1. The van der Waals surface area contributed by atoms with Crippen LogP contribution in [0.2, 0.25) is 0 Å². The second-order valence-corrected chi connectivity index (χ2v) is 5.02. The van der Waals surface area contributed by atoms with Crippen molar-refractivity contribution in [3.05, 3.63) is 52.2 Å². The Morgan fingerprint density at radius 2 is 2.00 bits per heavy atom. The zero-order chi connectivity index (χ0) is 12.8. The summed E-state index contributed by atoms with van der Waals surface area (Å²) in [6.45, 7) is 0.664. The Kier molecular flexibility index (Phi) is 4.36. The molecule has 0 spiro atoms. The molecule has 94 valence electrons. The van der Waals surface area contributed by atoms with Crippen molar-refractivity contribution in [2.24, 2.45) is 0 Å². The Labute approximate surface area is 110 Å². The number of rotatable bonds is 5. The lowest BCUT2D eigenvalue weighted by molar-refractivity contribution is 0.0953. The van der Waals surface area contributed by atoms with Gasteiger partial charge in [0, 0.05) is 17.0 Å². The van der Waals surface area contributed by atoms with Gasteiger partial charge in [-0.15, -0.1) is 11.3 Å². The summed E-state index contributed by atoms with van der Waals surface area (Å²) >= 11 is 1.74. The molecule has 0 radical (unpaired) electrons. The Balaban J connectivity index is 1.73. The maximum Gasteiger partial charge on any atom is 0.251 e. The summed E-state index contributed by atoms with van der Waals surface area (Å²) in [6.07, 6.45) is 1.93. The van der Waals surface area contributed by atoms with Crippen molar-refractivity contribution in [2.45, 2.75) is 12.8 Å². The molecule has 0 unspecified atom stereocenters. The number of carbonyl (C=O) groups excluding carboxylic acids is 1. The van der Waals surface area contributed by atoms with Gasteiger partial charge in [0.15, 0.2) is 0 Å². The lowest BCUT2D eigenvalue weighted by atomic mass is 10.2. The van der Waals surface area contributed by atoms with Crippen molar-refractivity contribution in [3.8, 4) is 5.75 Å². The van der Waals surface area contributed by atoms with E-state index in [9.17, 15) is 4.79 Å². The van der Waals surface area contributed by atoms with Crippen LogP contribution >= 0.6 is 11.3 Å². The Hall–Kier alpha value is -1.81. The molecule has 1 aromatic heterocycles. The summed E-state index contributed by atoms with van der Waals surface area (Å²) in [5.74, 6) is 0.0745. The van der Waals surface area contributed by atoms with E-state index in [0.29, 0.717) is 12.1 Å². The molecular formula is C14H15NO2S. The predicted octanol–water partition coefficient (Wildman–Crippen LogP) is 2.82. The van der Waals surface area contributed by atoms with Gasteiger partial charge in [0.25, 0.3) is 5.91 Å². The van der Waals surface area contributed by atoms with Gasteiger partial charge >= 0.3 is 0 Å². The van der Waals surface area contributed by atoms with Crippen molar-refractivity contribution in [2.75, 3.05) is 6.54 Å². The lowest BCUT2D eigenvalue weighted by Gasteiger charge is -2.04. The van der Waals surface area contributed by atoms with Crippen LogP contribution in [0.5, 0.6) is 5.75 Å². The maximum atomic E-state index is 11.7. The minimum absolute atomic E-state index is 0.0961. The number of benzene rings is 1. The molecule has 0 aliphatic carbocycles. The standard InChI is InChI=1S/C14H15NO2S/c16-12-7-5-11(6-8-12)14(17)15-9-1-3-13-4-2-10-18-13/h2,4-8,10,16H,1,3,9H2,(H,15,17). The van der Waals surface area contributed by atoms with Crippen molar-refractivity contribution in [1.29, 1.82) is 0 Å². The topological polar surface area (TPSA) is 49.3 Å². The lowest BCUT2D eigenvalue weighted by Crippen LogP contribution is -2.24. The second-order valence-electron chi connectivity index (χ2n) is 3.99. The fourth-order valence-electron chi connectivity index (χ4n) is 1.63. The molecule has 0 aliphatic heterocycles. The number of thiophene rings is 1. The molecule has 0 bridgehead atoms. The normalized spacial score (nSPS) is 10.2. The highest BCUT2D eigenvalue weighted by Gasteiger charge is 2.04. The molecule has 18 heavy (non-hydrogen) atoms. The number of phenols is 1. The van der Waals surface area contributed by atoms with E-state index in [1.807, 2.05) is 6.07 Å². The zero-order valence-electron chi connectivity index (χ0n) is 9.93. The first-order valence-corrected chi connectivity index (χ1v) is 6.73. The van der Waals surface area contributed by atoms with Crippen LogP contribution in [-0.2, 0) is 6.42 Å². The van der Waals surface area contributed by atoms with Crippen molar-refractivity contribution < 1.29 is 9.90 Å². The minimum Gasteiger partial charge on any atom is -0.508 e. The van der Waals surface area contributed by atoms with E-state index in [4.69, 9.17) is 5.11 Å². The maximum absolute atomic E-state index is 11.7. The third kappa shape index (κ3) is 3.60. The summed E-state index contributed by atoms with van der Waals surface area (Å²) in [5.41, 5.74) is 0.573. The Morgan fingerprint density at radius 3 is 2.67 bits per heavy atom. The number of nitrogens with one attached hydrogen (secondary N) is 1. The van der Waals surface area contributed by atoms with Crippen LogP contribution in [0, 0.1) is 0 Å². The van der Waals surface area contributed by atoms with E-state index in [1.54, 1.807) is 23.5 Å². The van der Waals surface area contributed by atoms with Crippen LogP contribution in [0.1, 0.15) is 21.7 Å². The van der Waals surface area contributed by atoms with Gasteiger partial charge in [0.05, 0.1) is 0 Å². The van der Waals surface area contributed by atoms with Gasteiger partial charge < -0.3 is 10.4 Å². The van der Waals surface area contributed by atoms with Gasteiger partial charge in [-0.1, -0.05) is 6.07 Å². The van der Waals surface area contributed by atoms with Crippen molar-refractivity contribution in [3.63, 3.8) is 0 Å². The van der Waals surface area contributed by atoms with Crippen LogP contribution in [0.4, 0.5) is 0 Å². The minimum atomic E-state index is -0.0961. The first-order chi connectivity index (χ1) is 8.75. The second kappa shape index (κ2) is 6.21. The molecule has 1 aromatic carbocycles. The molecule has 3 nitrogen and oxygen atoms in total. The van der Waals surface area contributed by atoms with Crippen LogP contribution in [-0.4, -0.2) is 17.6 Å². The highest BCUT2D eigenvalue weighted by atomic mass is 32.1. The third-order valence-corrected chi connectivity index (χ3v) is 3.53. The SMILES string of the molecule is O=C(NCCCc1cccs1)c1ccc(O)cc1. The van der Waals surface area contributed by atoms with Crippen molar-refractivity contribution in [1.82, 2.24) is 5.32 Å². The quantitative estimate of drug-likeness (QED) is 0.813. The van der Waals surface area contributed by atoms with E-state index >= 15 is 0 Å². The molecule has 0 saturated carbocycles. The average Bonchev–Trinajstić information content (AvgIpc) is 2.88. The smallest absolute Gasteiger partial charge is 0.251 e. The highest BCUT2D eigenvalue weighted by Crippen LogP contribution is 2.11.